The van der Waals surface area contributed by atoms with Crippen LogP contribution in [0.25, 0.3) is 0 Å². The molecule has 190 valence electrons. The largest absolute Gasteiger partial charge is 0.444 e. The van der Waals surface area contributed by atoms with Gasteiger partial charge in [-0.25, -0.2) is 9.97 Å². The number of alkyl halides is 2. The number of Topliss-reactive ketones (excluding diaryl/α,β-unsaturated/α-hetero) is 1. The van der Waals surface area contributed by atoms with Gasteiger partial charge in [0.15, 0.2) is 0 Å². The van der Waals surface area contributed by atoms with Crippen LogP contribution in [-0.2, 0) is 28.8 Å². The molecule has 2 heterocycles. The lowest BCUT2D eigenvalue weighted by Gasteiger charge is -2.23. The second-order valence-electron chi connectivity index (χ2n) is 9.33. The molecule has 0 aliphatic rings. The molecule has 5 nitrogen and oxygen atoms in total. The van der Waals surface area contributed by atoms with E-state index in [4.69, 9.17) is 4.42 Å². The van der Waals surface area contributed by atoms with Crippen LogP contribution in [0, 0.1) is 0 Å². The molecule has 0 spiro atoms. The van der Waals surface area contributed by atoms with E-state index in [1.165, 1.54) is 11.3 Å². The Bertz CT molecular complexity index is 1060. The molecule has 0 unspecified atom stereocenters. The standard InChI is InChI=1S/C26H33Br2N3O2S2/c1-26(2,3)22-16-29-23(33-22)18-34-25-17-30-24(35-25)15-21(32)6-4-5-19-7-9-20(10-8-19)31(13-11-27)14-12-28/h7-10,16-17H,4-6,11-15,18H2,1-3H3. The zero-order valence-corrected chi connectivity index (χ0v) is 25.4. The van der Waals surface area contributed by atoms with Crippen LogP contribution in [0.4, 0.5) is 5.69 Å². The monoisotopic (exact) mass is 641 g/mol. The first kappa shape index (κ1) is 28.4. The summed E-state index contributed by atoms with van der Waals surface area (Å²) < 4.78 is 6.93. The van der Waals surface area contributed by atoms with E-state index in [0.29, 0.717) is 18.6 Å². The van der Waals surface area contributed by atoms with E-state index < -0.39 is 0 Å². The predicted molar refractivity (Wildman–Crippen MR) is 155 cm³/mol. The molecule has 35 heavy (non-hydrogen) atoms. The number of rotatable bonds is 14. The second kappa shape index (κ2) is 14.0. The van der Waals surface area contributed by atoms with Crippen molar-refractivity contribution in [2.45, 2.75) is 61.8 Å². The summed E-state index contributed by atoms with van der Waals surface area (Å²) in [6.45, 7) is 8.29. The van der Waals surface area contributed by atoms with Gasteiger partial charge in [0.1, 0.15) is 16.6 Å². The van der Waals surface area contributed by atoms with Crippen molar-refractivity contribution < 1.29 is 9.21 Å². The Morgan fingerprint density at radius 2 is 1.80 bits per heavy atom. The highest BCUT2D eigenvalue weighted by Crippen LogP contribution is 2.30. The Morgan fingerprint density at radius 3 is 2.43 bits per heavy atom. The summed E-state index contributed by atoms with van der Waals surface area (Å²) in [5.41, 5.74) is 2.46. The van der Waals surface area contributed by atoms with Crippen molar-refractivity contribution in [1.29, 1.82) is 0 Å². The molecule has 0 bridgehead atoms. The predicted octanol–water partition coefficient (Wildman–Crippen LogP) is 7.45. The van der Waals surface area contributed by atoms with Gasteiger partial charge < -0.3 is 9.32 Å². The number of anilines is 1. The third kappa shape index (κ3) is 9.34. The average Bonchev–Trinajstić information content (AvgIpc) is 3.47. The Balaban J connectivity index is 1.40. The minimum absolute atomic E-state index is 0.0429. The fourth-order valence-electron chi connectivity index (χ4n) is 3.49. The van der Waals surface area contributed by atoms with Crippen LogP contribution in [-0.4, -0.2) is 39.5 Å². The number of thioether (sulfide) groups is 1. The quantitative estimate of drug-likeness (QED) is 0.134. The molecule has 0 aliphatic heterocycles. The number of carbonyl (C=O) groups is 1. The van der Waals surface area contributed by atoms with Gasteiger partial charge in [-0.2, -0.15) is 0 Å². The number of thiazole rings is 1. The zero-order chi connectivity index (χ0) is 25.3. The van der Waals surface area contributed by atoms with Gasteiger partial charge in [0.05, 0.1) is 28.8 Å². The Morgan fingerprint density at radius 1 is 1.09 bits per heavy atom. The number of carbonyl (C=O) groups excluding carboxylic acids is 1. The summed E-state index contributed by atoms with van der Waals surface area (Å²) in [7, 11) is 0. The maximum absolute atomic E-state index is 12.5. The van der Waals surface area contributed by atoms with E-state index in [-0.39, 0.29) is 11.2 Å². The van der Waals surface area contributed by atoms with Crippen molar-refractivity contribution >= 4 is 66.4 Å². The van der Waals surface area contributed by atoms with Crippen molar-refractivity contribution in [3.63, 3.8) is 0 Å². The van der Waals surface area contributed by atoms with Gasteiger partial charge in [0.2, 0.25) is 5.89 Å². The first-order valence-corrected chi connectivity index (χ1v) is 15.8. The normalized spacial score (nSPS) is 11.7. The highest BCUT2D eigenvalue weighted by molar-refractivity contribution is 9.09. The Kier molecular flexibility index (Phi) is 11.3. The molecular formula is C26H33Br2N3O2S2. The van der Waals surface area contributed by atoms with Crippen LogP contribution in [0.5, 0.6) is 0 Å². The summed E-state index contributed by atoms with van der Waals surface area (Å²) in [6.07, 6.45) is 6.42. The first-order valence-electron chi connectivity index (χ1n) is 11.8. The number of aryl methyl sites for hydroxylation is 1. The van der Waals surface area contributed by atoms with E-state index in [0.717, 1.165) is 57.5 Å². The topological polar surface area (TPSA) is 59.2 Å². The molecule has 3 aromatic rings. The van der Waals surface area contributed by atoms with Crippen molar-refractivity contribution in [3.8, 4) is 0 Å². The van der Waals surface area contributed by atoms with E-state index >= 15 is 0 Å². The molecule has 0 amide bonds. The summed E-state index contributed by atoms with van der Waals surface area (Å²) in [4.78, 5) is 23.7. The SMILES string of the molecule is CC(C)(C)c1cnc(CSc2cnc(CC(=O)CCCc3ccc(N(CCBr)CCBr)cc3)s2)o1. The van der Waals surface area contributed by atoms with Crippen molar-refractivity contribution in [2.75, 3.05) is 28.6 Å². The van der Waals surface area contributed by atoms with Crippen molar-refractivity contribution in [3.05, 3.63) is 58.9 Å². The number of nitrogens with zero attached hydrogens (tertiary/aromatic N) is 3. The van der Waals surface area contributed by atoms with Gasteiger partial charge in [0, 0.05) is 41.3 Å². The van der Waals surface area contributed by atoms with Crippen molar-refractivity contribution in [2.24, 2.45) is 0 Å². The maximum Gasteiger partial charge on any atom is 0.204 e. The molecule has 0 radical (unpaired) electrons. The van der Waals surface area contributed by atoms with Gasteiger partial charge in [-0.1, -0.05) is 64.8 Å². The number of aromatic nitrogens is 2. The number of ketones is 1. The molecular weight excluding hydrogens is 610 g/mol. The van der Waals surface area contributed by atoms with Gasteiger partial charge in [-0.3, -0.25) is 4.79 Å². The smallest absolute Gasteiger partial charge is 0.204 e. The van der Waals surface area contributed by atoms with Gasteiger partial charge >= 0.3 is 0 Å². The molecule has 0 atom stereocenters. The summed E-state index contributed by atoms with van der Waals surface area (Å²) >= 11 is 10.3. The van der Waals surface area contributed by atoms with Crippen LogP contribution in [0.3, 0.4) is 0 Å². The summed E-state index contributed by atoms with van der Waals surface area (Å²) in [5, 5.41) is 2.77. The first-order chi connectivity index (χ1) is 16.8. The fraction of sp³-hybridized carbons (Fsp3) is 0.500. The van der Waals surface area contributed by atoms with E-state index in [1.807, 2.05) is 12.4 Å². The number of oxazole rings is 1. The van der Waals surface area contributed by atoms with Gasteiger partial charge in [-0.15, -0.1) is 23.1 Å². The van der Waals surface area contributed by atoms with E-state index in [1.54, 1.807) is 23.1 Å². The molecule has 0 saturated heterocycles. The lowest BCUT2D eigenvalue weighted by atomic mass is 9.94. The lowest BCUT2D eigenvalue weighted by molar-refractivity contribution is -0.118. The zero-order valence-electron chi connectivity index (χ0n) is 20.6. The van der Waals surface area contributed by atoms with Crippen LogP contribution in [0.2, 0.25) is 0 Å². The van der Waals surface area contributed by atoms with Crippen LogP contribution in [0.1, 0.15) is 55.8 Å². The maximum atomic E-state index is 12.5. The van der Waals surface area contributed by atoms with Gasteiger partial charge in [-0.05, 0) is 30.5 Å². The number of hydrogen-bond acceptors (Lipinski definition) is 7. The van der Waals surface area contributed by atoms with Crippen LogP contribution >= 0.6 is 55.0 Å². The number of hydrogen-bond donors (Lipinski definition) is 0. The van der Waals surface area contributed by atoms with Crippen molar-refractivity contribution in [1.82, 2.24) is 9.97 Å². The van der Waals surface area contributed by atoms with E-state index in [9.17, 15) is 4.79 Å². The van der Waals surface area contributed by atoms with E-state index in [2.05, 4.69) is 91.8 Å². The minimum atomic E-state index is -0.0429. The minimum Gasteiger partial charge on any atom is -0.444 e. The molecule has 3 rings (SSSR count). The fourth-order valence-corrected chi connectivity index (χ4v) is 6.25. The average molecular weight is 644 g/mol. The molecule has 0 fully saturated rings. The molecule has 2 aromatic heterocycles. The Labute approximate surface area is 233 Å². The molecule has 9 heteroatoms. The summed E-state index contributed by atoms with van der Waals surface area (Å²) in [5.74, 6) is 2.52. The van der Waals surface area contributed by atoms with Crippen LogP contribution < -0.4 is 4.90 Å². The third-order valence-corrected chi connectivity index (χ3v) is 8.33. The Hall–Kier alpha value is -1.16. The number of halogens is 2. The third-order valence-electron chi connectivity index (χ3n) is 5.44. The highest BCUT2D eigenvalue weighted by atomic mass is 79.9. The van der Waals surface area contributed by atoms with Crippen LogP contribution in [0.15, 0.2) is 45.3 Å². The lowest BCUT2D eigenvalue weighted by Crippen LogP contribution is -2.27. The summed E-state index contributed by atoms with van der Waals surface area (Å²) in [6, 6.07) is 8.72. The highest BCUT2D eigenvalue weighted by Gasteiger charge is 2.19. The molecule has 1 aromatic carbocycles. The van der Waals surface area contributed by atoms with Gasteiger partial charge in [0.25, 0.3) is 0 Å². The second-order valence-corrected chi connectivity index (χ2v) is 13.3. The number of benzene rings is 1. The molecule has 0 saturated carbocycles. The molecule has 0 aliphatic carbocycles. The molecule has 0 N–H and O–H groups in total.